The Kier molecular flexibility index (Phi) is 3.58. The molecule has 2 nitrogen and oxygen atoms in total. The molecule has 0 N–H and O–H groups in total. The molecule has 130 valence electrons. The van der Waals surface area contributed by atoms with Crippen molar-refractivity contribution in [2.75, 3.05) is 19.0 Å². The van der Waals surface area contributed by atoms with Gasteiger partial charge in [0.1, 0.15) is 0 Å². The van der Waals surface area contributed by atoms with E-state index in [1.807, 2.05) is 20.3 Å². The first-order valence-corrected chi connectivity index (χ1v) is 9.19. The van der Waals surface area contributed by atoms with E-state index in [9.17, 15) is 0 Å². The van der Waals surface area contributed by atoms with E-state index in [1.165, 1.54) is 38.7 Å². The molecule has 0 saturated carbocycles. The molecule has 0 radical (unpaired) electrons. The molecule has 0 amide bonds. The Morgan fingerprint density at radius 1 is 0.667 bits per heavy atom. The zero-order chi connectivity index (χ0) is 18.4. The van der Waals surface area contributed by atoms with Crippen LogP contribution < -0.4 is 4.90 Å². The van der Waals surface area contributed by atoms with Crippen LogP contribution in [0.5, 0.6) is 0 Å². The molecule has 0 fully saturated rings. The lowest BCUT2D eigenvalue weighted by atomic mass is 10.0. The van der Waals surface area contributed by atoms with Gasteiger partial charge in [0, 0.05) is 31.4 Å². The van der Waals surface area contributed by atoms with Crippen LogP contribution in [0.4, 0.5) is 11.4 Å². The van der Waals surface area contributed by atoms with Gasteiger partial charge in [-0.25, -0.2) is 0 Å². The standard InChI is InChI=1S/C25H20N2/c1-27(2)18-12-10-17(11-13-18)16-26-24-15-14-22-20-7-4-3-6-19(20)21-8-5-9-23(24)25(21)22/h3-16H,1-2H3. The molecule has 0 spiro atoms. The maximum atomic E-state index is 4.81. The zero-order valence-corrected chi connectivity index (χ0v) is 15.5. The molecule has 0 bridgehead atoms. The van der Waals surface area contributed by atoms with Crippen LogP contribution in [0, 0.1) is 0 Å². The fourth-order valence-corrected chi connectivity index (χ4v) is 3.91. The highest BCUT2D eigenvalue weighted by Gasteiger charge is 2.21. The molecule has 0 saturated heterocycles. The summed E-state index contributed by atoms with van der Waals surface area (Å²) in [4.78, 5) is 6.91. The first-order valence-electron chi connectivity index (χ1n) is 9.19. The molecule has 0 unspecified atom stereocenters. The van der Waals surface area contributed by atoms with E-state index in [-0.39, 0.29) is 0 Å². The van der Waals surface area contributed by atoms with Gasteiger partial charge in [-0.3, -0.25) is 4.99 Å². The van der Waals surface area contributed by atoms with Crippen LogP contribution in [-0.2, 0) is 0 Å². The summed E-state index contributed by atoms with van der Waals surface area (Å²) in [6.07, 6.45) is 1.95. The molecular formula is C25H20N2. The van der Waals surface area contributed by atoms with E-state index < -0.39 is 0 Å². The van der Waals surface area contributed by atoms with Crippen LogP contribution in [0.2, 0.25) is 0 Å². The molecule has 4 aromatic carbocycles. The summed E-state index contributed by atoms with van der Waals surface area (Å²) in [6, 6.07) is 27.9. The first kappa shape index (κ1) is 15.8. The Morgan fingerprint density at radius 3 is 2.04 bits per heavy atom. The average molecular weight is 348 g/mol. The molecule has 0 aliphatic heterocycles. The van der Waals surface area contributed by atoms with E-state index in [0.717, 1.165) is 11.3 Å². The van der Waals surface area contributed by atoms with Crippen molar-refractivity contribution in [3.63, 3.8) is 0 Å². The fraction of sp³-hybridized carbons (Fsp3) is 0.0800. The highest BCUT2D eigenvalue weighted by molar-refractivity contribution is 6.18. The van der Waals surface area contributed by atoms with E-state index >= 15 is 0 Å². The minimum absolute atomic E-state index is 1.01. The number of benzene rings is 4. The van der Waals surface area contributed by atoms with Crippen molar-refractivity contribution in [2.24, 2.45) is 4.99 Å². The lowest BCUT2D eigenvalue weighted by Gasteiger charge is -2.11. The van der Waals surface area contributed by atoms with Gasteiger partial charge >= 0.3 is 0 Å². The molecule has 1 aliphatic rings. The topological polar surface area (TPSA) is 15.6 Å². The Bertz CT molecular complexity index is 1160. The molecular weight excluding hydrogens is 328 g/mol. The molecule has 5 rings (SSSR count). The maximum absolute atomic E-state index is 4.81. The molecule has 0 aromatic heterocycles. The summed E-state index contributed by atoms with van der Waals surface area (Å²) >= 11 is 0. The summed E-state index contributed by atoms with van der Waals surface area (Å²) in [5.41, 5.74) is 8.57. The van der Waals surface area contributed by atoms with Crippen LogP contribution in [0.25, 0.3) is 33.0 Å². The van der Waals surface area contributed by atoms with Crippen LogP contribution in [0.1, 0.15) is 5.56 Å². The summed E-state index contributed by atoms with van der Waals surface area (Å²) in [6.45, 7) is 0. The van der Waals surface area contributed by atoms with Crippen LogP contribution in [0.3, 0.4) is 0 Å². The Morgan fingerprint density at radius 2 is 1.33 bits per heavy atom. The first-order chi connectivity index (χ1) is 13.2. The lowest BCUT2D eigenvalue weighted by Crippen LogP contribution is -2.08. The lowest BCUT2D eigenvalue weighted by molar-refractivity contribution is 1.13. The highest BCUT2D eigenvalue weighted by atomic mass is 15.1. The second-order valence-electron chi connectivity index (χ2n) is 7.15. The predicted molar refractivity (Wildman–Crippen MR) is 116 cm³/mol. The number of aliphatic imine (C=N–C) groups is 1. The summed E-state index contributed by atoms with van der Waals surface area (Å²) in [7, 11) is 4.10. The normalized spacial score (nSPS) is 11.9. The minimum atomic E-state index is 1.01. The van der Waals surface area contributed by atoms with Gasteiger partial charge in [0.2, 0.25) is 0 Å². The van der Waals surface area contributed by atoms with Gasteiger partial charge in [-0.2, -0.15) is 0 Å². The molecule has 27 heavy (non-hydrogen) atoms. The van der Waals surface area contributed by atoms with Gasteiger partial charge in [0.15, 0.2) is 0 Å². The van der Waals surface area contributed by atoms with Crippen LogP contribution in [0.15, 0.2) is 83.9 Å². The van der Waals surface area contributed by atoms with Crippen molar-refractivity contribution in [3.8, 4) is 22.3 Å². The average Bonchev–Trinajstić information content (AvgIpc) is 3.04. The van der Waals surface area contributed by atoms with Gasteiger partial charge < -0.3 is 4.90 Å². The summed E-state index contributed by atoms with van der Waals surface area (Å²) < 4.78 is 0. The summed E-state index contributed by atoms with van der Waals surface area (Å²) in [5.74, 6) is 0. The monoisotopic (exact) mass is 348 g/mol. The minimum Gasteiger partial charge on any atom is -0.378 e. The molecule has 0 atom stereocenters. The third-order valence-electron chi connectivity index (χ3n) is 5.29. The number of hydrogen-bond donors (Lipinski definition) is 0. The fourth-order valence-electron chi connectivity index (χ4n) is 3.91. The van der Waals surface area contributed by atoms with Gasteiger partial charge in [0.25, 0.3) is 0 Å². The number of hydrogen-bond acceptors (Lipinski definition) is 2. The van der Waals surface area contributed by atoms with Crippen molar-refractivity contribution >= 4 is 28.4 Å². The van der Waals surface area contributed by atoms with E-state index in [0.29, 0.717) is 0 Å². The Balaban J connectivity index is 1.59. The number of fused-ring (bicyclic) bond motifs is 3. The van der Waals surface area contributed by atoms with Gasteiger partial charge in [0.05, 0.1) is 5.69 Å². The van der Waals surface area contributed by atoms with E-state index in [1.54, 1.807) is 0 Å². The largest absolute Gasteiger partial charge is 0.378 e. The number of nitrogens with zero attached hydrogens (tertiary/aromatic N) is 2. The second kappa shape index (κ2) is 6.10. The van der Waals surface area contributed by atoms with Gasteiger partial charge in [-0.1, -0.05) is 60.7 Å². The third kappa shape index (κ3) is 2.53. The summed E-state index contributed by atoms with van der Waals surface area (Å²) in [5, 5.41) is 2.53. The van der Waals surface area contributed by atoms with Crippen molar-refractivity contribution in [2.45, 2.75) is 0 Å². The van der Waals surface area contributed by atoms with Crippen LogP contribution >= 0.6 is 0 Å². The van der Waals surface area contributed by atoms with Gasteiger partial charge in [-0.15, -0.1) is 0 Å². The number of rotatable bonds is 3. The second-order valence-corrected chi connectivity index (χ2v) is 7.15. The third-order valence-corrected chi connectivity index (χ3v) is 5.29. The zero-order valence-electron chi connectivity index (χ0n) is 15.5. The van der Waals surface area contributed by atoms with Gasteiger partial charge in [-0.05, 0) is 51.4 Å². The molecule has 0 heterocycles. The van der Waals surface area contributed by atoms with E-state index in [4.69, 9.17) is 4.99 Å². The molecule has 2 heteroatoms. The maximum Gasteiger partial charge on any atom is 0.0708 e. The Hall–Kier alpha value is -3.39. The quantitative estimate of drug-likeness (QED) is 0.349. The van der Waals surface area contributed by atoms with Crippen molar-refractivity contribution in [1.29, 1.82) is 0 Å². The van der Waals surface area contributed by atoms with Crippen molar-refractivity contribution in [3.05, 3.63) is 84.4 Å². The Labute approximate surface area is 159 Å². The highest BCUT2D eigenvalue weighted by Crippen LogP contribution is 2.48. The smallest absolute Gasteiger partial charge is 0.0708 e. The number of anilines is 1. The van der Waals surface area contributed by atoms with E-state index in [2.05, 4.69) is 83.8 Å². The predicted octanol–water partition coefficient (Wildman–Crippen LogP) is 6.30. The SMILES string of the molecule is CN(C)c1ccc(C=Nc2ccc3c4c(cccc24)-c2ccccc2-3)cc1. The van der Waals surface area contributed by atoms with Crippen LogP contribution in [-0.4, -0.2) is 20.3 Å². The molecule has 1 aliphatic carbocycles. The van der Waals surface area contributed by atoms with Crippen molar-refractivity contribution in [1.82, 2.24) is 0 Å². The molecule has 4 aromatic rings. The van der Waals surface area contributed by atoms with Crippen molar-refractivity contribution < 1.29 is 0 Å².